The zero-order valence-corrected chi connectivity index (χ0v) is 19.1. The summed E-state index contributed by atoms with van der Waals surface area (Å²) in [5.74, 6) is -4.62. The van der Waals surface area contributed by atoms with E-state index in [0.29, 0.717) is 11.8 Å². The minimum atomic E-state index is -1.71. The molecule has 3 fully saturated rings. The predicted molar refractivity (Wildman–Crippen MR) is 125 cm³/mol. The molecule has 6 atom stereocenters. The minimum absolute atomic E-state index is 0.155. The number of thiophene rings is 1. The van der Waals surface area contributed by atoms with Crippen molar-refractivity contribution in [2.75, 3.05) is 6.61 Å². The van der Waals surface area contributed by atoms with Gasteiger partial charge in [-0.3, -0.25) is 14.5 Å². The molecule has 3 aliphatic rings. The number of carbonyl (C=O) groups is 2. The third kappa shape index (κ3) is 3.06. The lowest BCUT2D eigenvalue weighted by atomic mass is 9.64. The van der Waals surface area contributed by atoms with Gasteiger partial charge in [0, 0.05) is 22.1 Å². The molecular weight excluding hydrogens is 454 g/mol. The first-order chi connectivity index (χ1) is 16.4. The van der Waals surface area contributed by atoms with Crippen molar-refractivity contribution in [1.82, 2.24) is 4.90 Å². The van der Waals surface area contributed by atoms with Gasteiger partial charge in [-0.1, -0.05) is 36.4 Å². The molecule has 0 spiro atoms. The number of aliphatic hydroxyl groups is 2. The molecule has 6 rings (SSSR count). The summed E-state index contributed by atoms with van der Waals surface area (Å²) in [6.45, 7) is -0.115. The van der Waals surface area contributed by atoms with Crippen LogP contribution in [-0.2, 0) is 20.9 Å². The molecule has 3 heterocycles. The van der Waals surface area contributed by atoms with Crippen LogP contribution in [0.3, 0.4) is 0 Å². The third-order valence-electron chi connectivity index (χ3n) is 7.85. The highest BCUT2D eigenvalue weighted by Gasteiger charge is 2.66. The van der Waals surface area contributed by atoms with Crippen molar-refractivity contribution in [2.24, 2.45) is 23.7 Å². The van der Waals surface area contributed by atoms with Crippen LogP contribution < -0.4 is 0 Å². The van der Waals surface area contributed by atoms with Crippen molar-refractivity contribution in [3.63, 3.8) is 0 Å². The number of ether oxygens (including phenoxy) is 1. The van der Waals surface area contributed by atoms with Gasteiger partial charge >= 0.3 is 0 Å². The number of phenolic OH excluding ortho intramolecular Hbond substituents is 1. The van der Waals surface area contributed by atoms with Crippen molar-refractivity contribution in [1.29, 1.82) is 0 Å². The van der Waals surface area contributed by atoms with E-state index < -0.39 is 35.6 Å². The standard InChI is InChI=1S/C26H25NO6S/c28-13-14-10-19-23(25(31)27(24(19)30)12-15-4-3-9-34-15)20-11-22(33-26(14,20)32)18-7-8-21(29)17-6-2-1-5-16(17)18/h1-9,14,19-20,22-23,28-29,32H,10-13H2/t14-,19+,20+,22+,23+,26-/m1/s1. The van der Waals surface area contributed by atoms with Gasteiger partial charge < -0.3 is 20.1 Å². The Bertz CT molecular complexity index is 1280. The predicted octanol–water partition coefficient (Wildman–Crippen LogP) is 3.19. The summed E-state index contributed by atoms with van der Waals surface area (Å²) in [6.07, 6.45) is -0.0000969. The van der Waals surface area contributed by atoms with E-state index >= 15 is 0 Å². The fourth-order valence-corrected chi connectivity index (χ4v) is 6.95. The molecule has 2 aliphatic heterocycles. The SMILES string of the molecule is O=C1[C@H]2[C@H](C[C@H](CO)[C@@]3(O)O[C@H](c4ccc(O)c5ccccc45)C[C@@H]23)C(=O)N1Cc1cccs1. The number of hydrogen-bond donors (Lipinski definition) is 3. The van der Waals surface area contributed by atoms with Gasteiger partial charge in [-0.25, -0.2) is 0 Å². The number of fused-ring (bicyclic) bond motifs is 4. The number of likely N-dealkylation sites (tertiary alicyclic amines) is 1. The molecule has 176 valence electrons. The Kier molecular flexibility index (Phi) is 5.04. The van der Waals surface area contributed by atoms with Gasteiger partial charge in [0.25, 0.3) is 0 Å². The molecule has 0 unspecified atom stereocenters. The van der Waals surface area contributed by atoms with Gasteiger partial charge in [0.15, 0.2) is 5.79 Å². The largest absolute Gasteiger partial charge is 0.507 e. The van der Waals surface area contributed by atoms with Crippen LogP contribution in [0.4, 0.5) is 0 Å². The summed E-state index contributed by atoms with van der Waals surface area (Å²) >= 11 is 1.49. The number of aliphatic hydroxyl groups excluding tert-OH is 1. The normalized spacial score (nSPS) is 32.9. The number of carbonyl (C=O) groups excluding carboxylic acids is 2. The molecule has 1 saturated carbocycles. The van der Waals surface area contributed by atoms with Gasteiger partial charge in [-0.2, -0.15) is 0 Å². The Labute approximate surface area is 200 Å². The monoisotopic (exact) mass is 479 g/mol. The highest BCUT2D eigenvalue weighted by Crippen LogP contribution is 2.58. The summed E-state index contributed by atoms with van der Waals surface area (Å²) in [7, 11) is 0. The summed E-state index contributed by atoms with van der Waals surface area (Å²) in [4.78, 5) is 29.0. The van der Waals surface area contributed by atoms with Gasteiger partial charge in [0.05, 0.1) is 31.1 Å². The summed E-state index contributed by atoms with van der Waals surface area (Å²) in [6, 6.07) is 14.6. The second-order valence-corrected chi connectivity index (χ2v) is 10.5. The van der Waals surface area contributed by atoms with Crippen molar-refractivity contribution in [3.8, 4) is 5.75 Å². The molecule has 8 heteroatoms. The summed E-state index contributed by atoms with van der Waals surface area (Å²) in [5.41, 5.74) is 0.802. The van der Waals surface area contributed by atoms with Gasteiger partial charge in [-0.05, 0) is 41.3 Å². The second kappa shape index (κ2) is 7.88. The Hall–Kier alpha value is -2.78. The molecule has 2 saturated heterocycles. The average Bonchev–Trinajstić information content (AvgIpc) is 3.53. The van der Waals surface area contributed by atoms with Gasteiger partial charge in [-0.15, -0.1) is 11.3 Å². The number of benzene rings is 2. The number of phenols is 1. The Morgan fingerprint density at radius 2 is 1.82 bits per heavy atom. The fourth-order valence-electron chi connectivity index (χ4n) is 6.25. The van der Waals surface area contributed by atoms with E-state index in [4.69, 9.17) is 4.74 Å². The van der Waals surface area contributed by atoms with E-state index in [1.165, 1.54) is 16.2 Å². The zero-order chi connectivity index (χ0) is 23.6. The second-order valence-electron chi connectivity index (χ2n) is 9.51. The number of hydrogen-bond acceptors (Lipinski definition) is 7. The maximum Gasteiger partial charge on any atom is 0.233 e. The molecule has 2 aromatic carbocycles. The highest BCUT2D eigenvalue weighted by molar-refractivity contribution is 7.09. The van der Waals surface area contributed by atoms with Crippen LogP contribution in [0.1, 0.15) is 29.4 Å². The van der Waals surface area contributed by atoms with Crippen LogP contribution in [0.15, 0.2) is 53.9 Å². The number of amides is 2. The first-order valence-corrected chi connectivity index (χ1v) is 12.4. The molecule has 3 aromatic rings. The van der Waals surface area contributed by atoms with E-state index in [0.717, 1.165) is 15.8 Å². The topological polar surface area (TPSA) is 107 Å². The lowest BCUT2D eigenvalue weighted by molar-refractivity contribution is -0.273. The van der Waals surface area contributed by atoms with Gasteiger partial charge in [0.1, 0.15) is 5.75 Å². The van der Waals surface area contributed by atoms with Crippen LogP contribution >= 0.6 is 11.3 Å². The van der Waals surface area contributed by atoms with E-state index in [2.05, 4.69) is 0 Å². The Morgan fingerprint density at radius 3 is 2.56 bits per heavy atom. The van der Waals surface area contributed by atoms with Crippen molar-refractivity contribution in [3.05, 3.63) is 64.4 Å². The van der Waals surface area contributed by atoms with Crippen LogP contribution in [0.2, 0.25) is 0 Å². The minimum Gasteiger partial charge on any atom is -0.507 e. The van der Waals surface area contributed by atoms with Crippen molar-refractivity contribution in [2.45, 2.75) is 31.3 Å². The molecule has 2 amide bonds. The maximum atomic E-state index is 13.5. The van der Waals surface area contributed by atoms with Crippen molar-refractivity contribution < 1.29 is 29.6 Å². The van der Waals surface area contributed by atoms with E-state index in [9.17, 15) is 24.9 Å². The van der Waals surface area contributed by atoms with E-state index in [1.54, 1.807) is 12.1 Å². The molecule has 1 aliphatic carbocycles. The number of aromatic hydroxyl groups is 1. The molecule has 7 nitrogen and oxygen atoms in total. The van der Waals surface area contributed by atoms with Gasteiger partial charge in [0.2, 0.25) is 11.8 Å². The molecule has 3 N–H and O–H groups in total. The van der Waals surface area contributed by atoms with Crippen LogP contribution in [0.25, 0.3) is 10.8 Å². The van der Waals surface area contributed by atoms with Crippen molar-refractivity contribution >= 4 is 33.9 Å². The summed E-state index contributed by atoms with van der Waals surface area (Å²) < 4.78 is 6.26. The smallest absolute Gasteiger partial charge is 0.233 e. The van der Waals surface area contributed by atoms with E-state index in [1.807, 2.05) is 41.8 Å². The maximum absolute atomic E-state index is 13.5. The quantitative estimate of drug-likeness (QED) is 0.496. The lowest BCUT2D eigenvalue weighted by Crippen LogP contribution is -2.54. The first-order valence-electron chi connectivity index (χ1n) is 11.5. The molecular formula is C26H25NO6S. The lowest BCUT2D eigenvalue weighted by Gasteiger charge is -2.44. The number of imide groups is 1. The first kappa shape index (κ1) is 21.7. The molecule has 1 aromatic heterocycles. The Morgan fingerprint density at radius 1 is 1.03 bits per heavy atom. The molecule has 34 heavy (non-hydrogen) atoms. The average molecular weight is 480 g/mol. The fraction of sp³-hybridized carbons (Fsp3) is 0.385. The molecule has 0 radical (unpaired) electrons. The number of nitrogens with zero attached hydrogens (tertiary/aromatic N) is 1. The third-order valence-corrected chi connectivity index (χ3v) is 8.71. The Balaban J connectivity index is 1.38. The highest BCUT2D eigenvalue weighted by atomic mass is 32.1. The van der Waals surface area contributed by atoms with E-state index in [-0.39, 0.29) is 37.1 Å². The van der Waals surface area contributed by atoms with Crippen LogP contribution in [-0.4, -0.2) is 44.4 Å². The number of rotatable bonds is 4. The zero-order valence-electron chi connectivity index (χ0n) is 18.3. The van der Waals surface area contributed by atoms with Crippen LogP contribution in [0, 0.1) is 23.7 Å². The summed E-state index contributed by atoms with van der Waals surface area (Å²) in [5, 5.41) is 35.5. The van der Waals surface area contributed by atoms with Crippen LogP contribution in [0.5, 0.6) is 5.75 Å². The molecule has 0 bridgehead atoms.